The molecular formula is C20H28N8O. The molecule has 1 aromatic carbocycles. The summed E-state index contributed by atoms with van der Waals surface area (Å²) in [6.07, 6.45) is 5.83. The van der Waals surface area contributed by atoms with Crippen LogP contribution in [-0.4, -0.2) is 38.7 Å². The van der Waals surface area contributed by atoms with E-state index in [2.05, 4.69) is 20.6 Å². The minimum absolute atomic E-state index is 0.305. The molecule has 0 unspecified atom stereocenters. The van der Waals surface area contributed by atoms with Gasteiger partial charge < -0.3 is 31.4 Å². The van der Waals surface area contributed by atoms with Gasteiger partial charge in [0.15, 0.2) is 17.0 Å². The normalized spacial score (nSPS) is 19.3. The Labute approximate surface area is 169 Å². The third-order valence-corrected chi connectivity index (χ3v) is 5.46. The highest BCUT2D eigenvalue weighted by Crippen LogP contribution is 2.25. The minimum Gasteiger partial charge on any atom is -0.497 e. The lowest BCUT2D eigenvalue weighted by Crippen LogP contribution is -2.33. The van der Waals surface area contributed by atoms with Crippen molar-refractivity contribution in [1.82, 2.24) is 19.5 Å². The van der Waals surface area contributed by atoms with Crippen LogP contribution in [0, 0.1) is 0 Å². The number of hydrogen-bond donors (Lipinski definition) is 4. The summed E-state index contributed by atoms with van der Waals surface area (Å²) in [7, 11) is 3.57. The molecule has 2 aromatic heterocycles. The van der Waals surface area contributed by atoms with E-state index in [9.17, 15) is 0 Å². The SMILES string of the molecule is COc1ccc(N)c(CNc2nc(NC3CCC(N)CC3)nc3c2ncn3C)c1. The Morgan fingerprint density at radius 2 is 2.00 bits per heavy atom. The van der Waals surface area contributed by atoms with Crippen LogP contribution in [0.4, 0.5) is 17.5 Å². The van der Waals surface area contributed by atoms with Crippen molar-refractivity contribution in [2.75, 3.05) is 23.5 Å². The van der Waals surface area contributed by atoms with Crippen LogP contribution >= 0.6 is 0 Å². The molecular weight excluding hydrogens is 368 g/mol. The maximum atomic E-state index is 6.12. The molecule has 0 aliphatic heterocycles. The van der Waals surface area contributed by atoms with E-state index in [1.165, 1.54) is 0 Å². The van der Waals surface area contributed by atoms with Gasteiger partial charge in [-0.1, -0.05) is 0 Å². The monoisotopic (exact) mass is 396 g/mol. The molecule has 0 radical (unpaired) electrons. The van der Waals surface area contributed by atoms with E-state index in [0.717, 1.165) is 48.2 Å². The summed E-state index contributed by atoms with van der Waals surface area (Å²) in [4.78, 5) is 13.8. The number of nitrogens with one attached hydrogen (secondary N) is 2. The smallest absolute Gasteiger partial charge is 0.227 e. The number of rotatable bonds is 6. The zero-order valence-corrected chi connectivity index (χ0v) is 16.9. The summed E-state index contributed by atoms with van der Waals surface area (Å²) in [5.74, 6) is 2.04. The second kappa shape index (κ2) is 8.12. The molecule has 0 bridgehead atoms. The van der Waals surface area contributed by atoms with Gasteiger partial charge in [-0.2, -0.15) is 9.97 Å². The number of nitrogens with two attached hydrogens (primary N) is 2. The van der Waals surface area contributed by atoms with Crippen LogP contribution in [0.25, 0.3) is 11.2 Å². The van der Waals surface area contributed by atoms with Crippen LogP contribution in [-0.2, 0) is 13.6 Å². The van der Waals surface area contributed by atoms with Crippen LogP contribution in [0.1, 0.15) is 31.2 Å². The van der Waals surface area contributed by atoms with Crippen LogP contribution in [0.2, 0.25) is 0 Å². The first-order chi connectivity index (χ1) is 14.0. The van der Waals surface area contributed by atoms with E-state index in [1.54, 1.807) is 13.4 Å². The largest absolute Gasteiger partial charge is 0.497 e. The van der Waals surface area contributed by atoms with E-state index in [-0.39, 0.29) is 0 Å². The van der Waals surface area contributed by atoms with Gasteiger partial charge in [0.25, 0.3) is 0 Å². The lowest BCUT2D eigenvalue weighted by molar-refractivity contribution is 0.410. The highest BCUT2D eigenvalue weighted by Gasteiger charge is 2.20. The lowest BCUT2D eigenvalue weighted by atomic mass is 9.92. The van der Waals surface area contributed by atoms with E-state index >= 15 is 0 Å². The van der Waals surface area contributed by atoms with E-state index in [0.29, 0.717) is 36.1 Å². The Morgan fingerprint density at radius 1 is 1.21 bits per heavy atom. The third-order valence-electron chi connectivity index (χ3n) is 5.46. The predicted octanol–water partition coefficient (Wildman–Crippen LogP) is 2.25. The topological polar surface area (TPSA) is 129 Å². The third kappa shape index (κ3) is 4.19. The quantitative estimate of drug-likeness (QED) is 0.467. The van der Waals surface area contributed by atoms with Gasteiger partial charge in [-0.15, -0.1) is 0 Å². The molecule has 0 saturated heterocycles. The summed E-state index contributed by atoms with van der Waals surface area (Å²) in [5.41, 5.74) is 15.3. The maximum Gasteiger partial charge on any atom is 0.227 e. The number of benzene rings is 1. The number of anilines is 3. The molecule has 0 amide bonds. The molecule has 9 heteroatoms. The average molecular weight is 396 g/mol. The van der Waals surface area contributed by atoms with Crippen molar-refractivity contribution < 1.29 is 4.74 Å². The highest BCUT2D eigenvalue weighted by atomic mass is 16.5. The van der Waals surface area contributed by atoms with Crippen molar-refractivity contribution in [3.63, 3.8) is 0 Å². The van der Waals surface area contributed by atoms with Crippen LogP contribution in [0.3, 0.4) is 0 Å². The summed E-state index contributed by atoms with van der Waals surface area (Å²) < 4.78 is 7.20. The van der Waals surface area contributed by atoms with Gasteiger partial charge in [0.05, 0.1) is 13.4 Å². The van der Waals surface area contributed by atoms with E-state index < -0.39 is 0 Å². The predicted molar refractivity (Wildman–Crippen MR) is 115 cm³/mol. The number of methoxy groups -OCH3 is 1. The fourth-order valence-electron chi connectivity index (χ4n) is 3.68. The highest BCUT2D eigenvalue weighted by molar-refractivity contribution is 5.84. The summed E-state index contributed by atoms with van der Waals surface area (Å²) in [5, 5.41) is 6.85. The first-order valence-electron chi connectivity index (χ1n) is 9.91. The van der Waals surface area contributed by atoms with E-state index in [4.69, 9.17) is 21.2 Å². The molecule has 0 spiro atoms. The number of aromatic nitrogens is 4. The molecule has 9 nitrogen and oxygen atoms in total. The Balaban J connectivity index is 1.58. The number of nitrogens with zero attached hydrogens (tertiary/aromatic N) is 4. The van der Waals surface area contributed by atoms with Crippen molar-refractivity contribution in [1.29, 1.82) is 0 Å². The van der Waals surface area contributed by atoms with Gasteiger partial charge in [0.1, 0.15) is 5.75 Å². The zero-order valence-electron chi connectivity index (χ0n) is 16.9. The molecule has 2 heterocycles. The number of ether oxygens (including phenoxy) is 1. The molecule has 3 aromatic rings. The van der Waals surface area contributed by atoms with Crippen molar-refractivity contribution in [2.45, 2.75) is 44.3 Å². The number of hydrogen-bond acceptors (Lipinski definition) is 8. The molecule has 29 heavy (non-hydrogen) atoms. The van der Waals surface area contributed by atoms with Gasteiger partial charge >= 0.3 is 0 Å². The van der Waals surface area contributed by atoms with Gasteiger partial charge in [-0.25, -0.2) is 4.98 Å². The van der Waals surface area contributed by atoms with Gasteiger partial charge in [0, 0.05) is 31.4 Å². The Morgan fingerprint density at radius 3 is 2.76 bits per heavy atom. The second-order valence-electron chi connectivity index (χ2n) is 7.60. The zero-order chi connectivity index (χ0) is 20.4. The van der Waals surface area contributed by atoms with E-state index in [1.807, 2.05) is 29.8 Å². The molecule has 1 fully saturated rings. The Hall–Kier alpha value is -3.07. The van der Waals surface area contributed by atoms with Gasteiger partial charge in [-0.05, 0) is 49.4 Å². The van der Waals surface area contributed by atoms with Gasteiger partial charge in [-0.3, -0.25) is 0 Å². The average Bonchev–Trinajstić information content (AvgIpc) is 3.10. The summed E-state index contributed by atoms with van der Waals surface area (Å²) >= 11 is 0. The summed E-state index contributed by atoms with van der Waals surface area (Å²) in [6.45, 7) is 0.503. The van der Waals surface area contributed by atoms with Gasteiger partial charge in [0.2, 0.25) is 5.95 Å². The first kappa shape index (κ1) is 19.3. The van der Waals surface area contributed by atoms with Crippen molar-refractivity contribution in [2.24, 2.45) is 12.8 Å². The second-order valence-corrected chi connectivity index (χ2v) is 7.60. The van der Waals surface area contributed by atoms with Crippen LogP contribution in [0.5, 0.6) is 5.75 Å². The molecule has 0 atom stereocenters. The number of nitrogen functional groups attached to an aromatic ring is 1. The molecule has 1 aliphatic rings. The molecule has 4 rings (SSSR count). The first-order valence-corrected chi connectivity index (χ1v) is 9.91. The lowest BCUT2D eigenvalue weighted by Gasteiger charge is -2.26. The molecule has 1 aliphatic carbocycles. The fraction of sp³-hybridized carbons (Fsp3) is 0.450. The van der Waals surface area contributed by atoms with Crippen molar-refractivity contribution in [3.05, 3.63) is 30.1 Å². The Bertz CT molecular complexity index is 994. The minimum atomic E-state index is 0.305. The van der Waals surface area contributed by atoms with Crippen molar-refractivity contribution in [3.8, 4) is 5.75 Å². The van der Waals surface area contributed by atoms with Crippen LogP contribution < -0.4 is 26.8 Å². The standard InChI is InChI=1S/C20H28N8O/c1-28-11-24-17-18(23-10-12-9-15(29-2)7-8-16(12)22)26-20(27-19(17)28)25-14-5-3-13(21)4-6-14/h7-9,11,13-14H,3-6,10,21-22H2,1-2H3,(H2,23,25,26,27). The molecule has 1 saturated carbocycles. The van der Waals surface area contributed by atoms with Crippen LogP contribution in [0.15, 0.2) is 24.5 Å². The summed E-state index contributed by atoms with van der Waals surface area (Å²) in [6, 6.07) is 6.25. The number of fused-ring (bicyclic) bond motifs is 1. The molecule has 154 valence electrons. The Kier molecular flexibility index (Phi) is 5.39. The maximum absolute atomic E-state index is 6.12. The molecule has 6 N–H and O–H groups in total. The number of imidazole rings is 1. The number of aryl methyl sites for hydroxylation is 1. The fourth-order valence-corrected chi connectivity index (χ4v) is 3.68. The van der Waals surface area contributed by atoms with Crippen molar-refractivity contribution >= 4 is 28.6 Å².